The fraction of sp³-hybridized carbons (Fsp3) is 1.00. The van der Waals surface area contributed by atoms with Gasteiger partial charge in [0, 0.05) is 0 Å². The minimum Gasteiger partial charge on any atom is -0.306 e. The molecule has 0 radical (unpaired) electrons. The van der Waals surface area contributed by atoms with Crippen LogP contribution >= 0.6 is 0 Å². The molecule has 1 rings (SSSR count). The van der Waals surface area contributed by atoms with Crippen LogP contribution < -0.4 is 0 Å². The second-order valence-electron chi connectivity index (χ2n) is 6.39. The molecule has 18 heavy (non-hydrogen) atoms. The molecule has 1 heterocycles. The van der Waals surface area contributed by atoms with Gasteiger partial charge in [-0.1, -0.05) is 65.2 Å². The molecular weight excluding hydrogens is 218 g/mol. The number of piperidine rings is 1. The van der Waals surface area contributed by atoms with Crippen molar-refractivity contribution in [3.05, 3.63) is 0 Å². The zero-order chi connectivity index (χ0) is 13.2. The van der Waals surface area contributed by atoms with Crippen molar-refractivity contribution in [1.29, 1.82) is 0 Å². The number of hydrogen-bond acceptors (Lipinski definition) is 1. The van der Waals surface area contributed by atoms with E-state index in [0.29, 0.717) is 0 Å². The Hall–Kier alpha value is -0.0400. The second-order valence-corrected chi connectivity index (χ2v) is 6.39. The maximum Gasteiger partial charge on any atom is -0.00190 e. The third-order valence-corrected chi connectivity index (χ3v) is 4.79. The summed E-state index contributed by atoms with van der Waals surface area (Å²) in [5.74, 6) is 2.07. The monoisotopic (exact) mass is 253 g/mol. The molecule has 0 N–H and O–H groups in total. The van der Waals surface area contributed by atoms with Crippen molar-refractivity contribution in [2.75, 3.05) is 20.1 Å². The predicted octanol–water partition coefficient (Wildman–Crippen LogP) is 5.11. The summed E-state index contributed by atoms with van der Waals surface area (Å²) in [6.07, 6.45) is 14.5. The van der Waals surface area contributed by atoms with Crippen LogP contribution in [-0.4, -0.2) is 25.0 Å². The van der Waals surface area contributed by atoms with Crippen LogP contribution in [0.1, 0.15) is 78.1 Å². The topological polar surface area (TPSA) is 3.24 Å². The lowest BCUT2D eigenvalue weighted by molar-refractivity contribution is 0.155. The van der Waals surface area contributed by atoms with Gasteiger partial charge in [0.1, 0.15) is 0 Å². The van der Waals surface area contributed by atoms with Gasteiger partial charge in [0.25, 0.3) is 0 Å². The van der Waals surface area contributed by atoms with Crippen LogP contribution in [0.25, 0.3) is 0 Å². The van der Waals surface area contributed by atoms with Gasteiger partial charge in [-0.15, -0.1) is 0 Å². The molecule has 1 unspecified atom stereocenters. The SMILES string of the molecule is CCCCCCC(CCCC)C1CCN(C)CC1. The Balaban J connectivity index is 2.29. The van der Waals surface area contributed by atoms with E-state index in [0.717, 1.165) is 11.8 Å². The summed E-state index contributed by atoms with van der Waals surface area (Å²) in [4.78, 5) is 2.50. The van der Waals surface area contributed by atoms with Crippen LogP contribution in [0.15, 0.2) is 0 Å². The van der Waals surface area contributed by atoms with E-state index in [4.69, 9.17) is 0 Å². The van der Waals surface area contributed by atoms with Gasteiger partial charge in [0.15, 0.2) is 0 Å². The van der Waals surface area contributed by atoms with Crippen molar-refractivity contribution < 1.29 is 0 Å². The summed E-state index contributed by atoms with van der Waals surface area (Å²) >= 11 is 0. The standard InChI is InChI=1S/C17H35N/c1-4-6-8-9-11-16(10-7-5-2)17-12-14-18(3)15-13-17/h16-17H,4-15H2,1-3H3. The van der Waals surface area contributed by atoms with E-state index in [1.165, 1.54) is 77.3 Å². The molecule has 0 spiro atoms. The zero-order valence-corrected chi connectivity index (χ0v) is 13.1. The fourth-order valence-electron chi connectivity index (χ4n) is 3.42. The highest BCUT2D eigenvalue weighted by atomic mass is 15.1. The van der Waals surface area contributed by atoms with Gasteiger partial charge >= 0.3 is 0 Å². The summed E-state index contributed by atoms with van der Waals surface area (Å²) in [5.41, 5.74) is 0. The summed E-state index contributed by atoms with van der Waals surface area (Å²) in [6, 6.07) is 0. The summed E-state index contributed by atoms with van der Waals surface area (Å²) in [6.45, 7) is 7.32. The molecule has 1 aliphatic heterocycles. The van der Waals surface area contributed by atoms with Gasteiger partial charge in [-0.25, -0.2) is 0 Å². The van der Waals surface area contributed by atoms with Crippen molar-refractivity contribution in [2.45, 2.75) is 78.1 Å². The highest BCUT2D eigenvalue weighted by molar-refractivity contribution is 4.77. The van der Waals surface area contributed by atoms with Crippen molar-refractivity contribution >= 4 is 0 Å². The maximum absolute atomic E-state index is 2.50. The lowest BCUT2D eigenvalue weighted by atomic mass is 9.78. The molecule has 1 fully saturated rings. The molecule has 1 nitrogen and oxygen atoms in total. The van der Waals surface area contributed by atoms with E-state index < -0.39 is 0 Å². The Bertz CT molecular complexity index is 182. The minimum absolute atomic E-state index is 1.04. The van der Waals surface area contributed by atoms with Crippen molar-refractivity contribution in [2.24, 2.45) is 11.8 Å². The zero-order valence-electron chi connectivity index (χ0n) is 13.1. The van der Waals surface area contributed by atoms with Crippen LogP contribution in [0, 0.1) is 11.8 Å². The quantitative estimate of drug-likeness (QED) is 0.516. The molecule has 0 saturated carbocycles. The van der Waals surface area contributed by atoms with Crippen molar-refractivity contribution in [1.82, 2.24) is 4.90 Å². The third-order valence-electron chi connectivity index (χ3n) is 4.79. The Morgan fingerprint density at radius 3 is 2.11 bits per heavy atom. The van der Waals surface area contributed by atoms with E-state index in [9.17, 15) is 0 Å². The molecule has 1 saturated heterocycles. The summed E-state index contributed by atoms with van der Waals surface area (Å²) in [5, 5.41) is 0. The molecule has 0 bridgehead atoms. The second kappa shape index (κ2) is 9.83. The molecule has 1 aliphatic rings. The first-order valence-corrected chi connectivity index (χ1v) is 8.46. The molecule has 108 valence electrons. The molecule has 0 aromatic heterocycles. The molecule has 0 aromatic carbocycles. The van der Waals surface area contributed by atoms with E-state index in [1.54, 1.807) is 0 Å². The number of unbranched alkanes of at least 4 members (excludes halogenated alkanes) is 4. The van der Waals surface area contributed by atoms with Crippen molar-refractivity contribution in [3.63, 3.8) is 0 Å². The average molecular weight is 253 g/mol. The van der Waals surface area contributed by atoms with E-state index in [1.807, 2.05) is 0 Å². The van der Waals surface area contributed by atoms with E-state index in [-0.39, 0.29) is 0 Å². The Labute approximate surface area is 115 Å². The normalized spacial score (nSPS) is 20.2. The molecular formula is C17H35N. The van der Waals surface area contributed by atoms with Crippen LogP contribution in [0.3, 0.4) is 0 Å². The third kappa shape index (κ3) is 6.22. The Morgan fingerprint density at radius 2 is 1.50 bits per heavy atom. The summed E-state index contributed by atoms with van der Waals surface area (Å²) < 4.78 is 0. The lowest BCUT2D eigenvalue weighted by Crippen LogP contribution is -2.33. The first kappa shape index (κ1) is 16.0. The molecule has 0 aliphatic carbocycles. The minimum atomic E-state index is 1.04. The largest absolute Gasteiger partial charge is 0.306 e. The van der Waals surface area contributed by atoms with Gasteiger partial charge in [-0.2, -0.15) is 0 Å². The van der Waals surface area contributed by atoms with Crippen LogP contribution in [0.4, 0.5) is 0 Å². The van der Waals surface area contributed by atoms with Crippen molar-refractivity contribution in [3.8, 4) is 0 Å². The smallest absolute Gasteiger partial charge is 0.00190 e. The number of likely N-dealkylation sites (tertiary alicyclic amines) is 1. The molecule has 1 heteroatoms. The van der Waals surface area contributed by atoms with Crippen LogP contribution in [-0.2, 0) is 0 Å². The number of nitrogens with zero attached hydrogens (tertiary/aromatic N) is 1. The highest BCUT2D eigenvalue weighted by Gasteiger charge is 2.24. The van der Waals surface area contributed by atoms with Gasteiger partial charge in [0.2, 0.25) is 0 Å². The molecule has 1 atom stereocenters. The number of hydrogen-bond donors (Lipinski definition) is 0. The number of rotatable bonds is 9. The van der Waals surface area contributed by atoms with Gasteiger partial charge in [-0.05, 0) is 44.8 Å². The molecule has 0 amide bonds. The predicted molar refractivity (Wildman–Crippen MR) is 82.0 cm³/mol. The van der Waals surface area contributed by atoms with Gasteiger partial charge < -0.3 is 4.90 Å². The lowest BCUT2D eigenvalue weighted by Gasteiger charge is -2.34. The first-order valence-electron chi connectivity index (χ1n) is 8.46. The van der Waals surface area contributed by atoms with Gasteiger partial charge in [0.05, 0.1) is 0 Å². The van der Waals surface area contributed by atoms with E-state index in [2.05, 4.69) is 25.8 Å². The fourth-order valence-corrected chi connectivity index (χ4v) is 3.42. The van der Waals surface area contributed by atoms with E-state index >= 15 is 0 Å². The first-order chi connectivity index (χ1) is 8.77. The Morgan fingerprint density at radius 1 is 0.889 bits per heavy atom. The maximum atomic E-state index is 2.50. The summed E-state index contributed by atoms with van der Waals surface area (Å²) in [7, 11) is 2.28. The van der Waals surface area contributed by atoms with Crippen LogP contribution in [0.5, 0.6) is 0 Å². The average Bonchev–Trinajstić information content (AvgIpc) is 2.39. The highest BCUT2D eigenvalue weighted by Crippen LogP contribution is 2.32. The van der Waals surface area contributed by atoms with Gasteiger partial charge in [-0.3, -0.25) is 0 Å². The van der Waals surface area contributed by atoms with Crippen LogP contribution in [0.2, 0.25) is 0 Å². The Kier molecular flexibility index (Phi) is 8.75. The molecule has 0 aromatic rings.